The van der Waals surface area contributed by atoms with Crippen molar-refractivity contribution in [3.63, 3.8) is 0 Å². The van der Waals surface area contributed by atoms with E-state index in [1.54, 1.807) is 23.1 Å². The molecule has 26 heavy (non-hydrogen) atoms. The molecular weight excluding hydrogens is 334 g/mol. The molecule has 0 spiro atoms. The van der Waals surface area contributed by atoms with Gasteiger partial charge >= 0.3 is 0 Å². The van der Waals surface area contributed by atoms with E-state index in [2.05, 4.69) is 10.5 Å². The van der Waals surface area contributed by atoms with Crippen LogP contribution in [0.5, 0.6) is 11.5 Å². The Hall–Kier alpha value is -3.35. The third kappa shape index (κ3) is 3.66. The van der Waals surface area contributed by atoms with Gasteiger partial charge in [-0.05, 0) is 24.3 Å². The van der Waals surface area contributed by atoms with E-state index in [4.69, 9.17) is 4.74 Å². The number of phenols is 1. The Kier molecular flexibility index (Phi) is 5.17. The van der Waals surface area contributed by atoms with Crippen LogP contribution in [0.4, 0.5) is 5.69 Å². The van der Waals surface area contributed by atoms with Gasteiger partial charge in [0.1, 0.15) is 0 Å². The van der Waals surface area contributed by atoms with Gasteiger partial charge in [0, 0.05) is 24.2 Å². The molecule has 0 radical (unpaired) electrons. The lowest BCUT2D eigenvalue weighted by Gasteiger charge is -2.16. The third-order valence-corrected chi connectivity index (χ3v) is 4.19. The number of methoxy groups -OCH3 is 1. The summed E-state index contributed by atoms with van der Waals surface area (Å²) in [5.41, 5.74) is 3.62. The maximum Gasteiger partial charge on any atom is 0.245 e. The molecule has 2 aromatic rings. The van der Waals surface area contributed by atoms with Gasteiger partial charge in [-0.15, -0.1) is 0 Å². The summed E-state index contributed by atoms with van der Waals surface area (Å²) in [6.07, 6.45) is 1.47. The van der Waals surface area contributed by atoms with Gasteiger partial charge in [-0.3, -0.25) is 9.59 Å². The van der Waals surface area contributed by atoms with Crippen molar-refractivity contribution >= 4 is 23.7 Å². The largest absolute Gasteiger partial charge is 0.504 e. The fourth-order valence-electron chi connectivity index (χ4n) is 2.81. The fourth-order valence-corrected chi connectivity index (χ4v) is 2.81. The Morgan fingerprint density at radius 3 is 2.77 bits per heavy atom. The number of nitrogens with one attached hydrogen (secondary N) is 1. The molecule has 134 valence electrons. The topological polar surface area (TPSA) is 91.2 Å². The second-order valence-corrected chi connectivity index (χ2v) is 5.87. The molecule has 1 aliphatic rings. The second kappa shape index (κ2) is 7.69. The minimum absolute atomic E-state index is 0.0562. The van der Waals surface area contributed by atoms with Crippen LogP contribution in [0, 0.1) is 5.92 Å². The monoisotopic (exact) mass is 353 g/mol. The van der Waals surface area contributed by atoms with E-state index in [9.17, 15) is 14.7 Å². The van der Waals surface area contributed by atoms with Crippen LogP contribution in [0.3, 0.4) is 0 Å². The summed E-state index contributed by atoms with van der Waals surface area (Å²) in [6.45, 7) is 0.314. The second-order valence-electron chi connectivity index (χ2n) is 5.87. The summed E-state index contributed by atoms with van der Waals surface area (Å²) in [6, 6.07) is 14.2. The third-order valence-electron chi connectivity index (χ3n) is 4.19. The zero-order valence-electron chi connectivity index (χ0n) is 14.3. The van der Waals surface area contributed by atoms with Crippen LogP contribution < -0.4 is 15.1 Å². The van der Waals surface area contributed by atoms with Crippen molar-refractivity contribution in [2.75, 3.05) is 18.6 Å². The van der Waals surface area contributed by atoms with Crippen molar-refractivity contribution in [1.29, 1.82) is 0 Å². The highest BCUT2D eigenvalue weighted by atomic mass is 16.5. The van der Waals surface area contributed by atoms with Gasteiger partial charge in [-0.2, -0.15) is 5.10 Å². The number of carbonyl (C=O) groups excluding carboxylic acids is 2. The van der Waals surface area contributed by atoms with Gasteiger partial charge < -0.3 is 14.7 Å². The Morgan fingerprint density at radius 1 is 1.27 bits per heavy atom. The van der Waals surface area contributed by atoms with Crippen molar-refractivity contribution in [3.8, 4) is 11.5 Å². The van der Waals surface area contributed by atoms with Crippen LogP contribution in [0.15, 0.2) is 53.6 Å². The van der Waals surface area contributed by atoms with Gasteiger partial charge in [-0.1, -0.05) is 24.3 Å². The number of hydrogen-bond donors (Lipinski definition) is 2. The minimum atomic E-state index is -0.473. The smallest absolute Gasteiger partial charge is 0.245 e. The lowest BCUT2D eigenvalue weighted by atomic mass is 10.1. The number of hydrogen-bond acceptors (Lipinski definition) is 5. The minimum Gasteiger partial charge on any atom is -0.504 e. The van der Waals surface area contributed by atoms with Gasteiger partial charge in [0.2, 0.25) is 11.8 Å². The number of carbonyl (C=O) groups is 2. The number of phenolic OH excluding ortho intramolecular Hbond substituents is 1. The molecule has 7 heteroatoms. The summed E-state index contributed by atoms with van der Waals surface area (Å²) < 4.78 is 5.02. The van der Waals surface area contributed by atoms with Crippen LogP contribution in [-0.4, -0.2) is 36.8 Å². The van der Waals surface area contributed by atoms with Crippen LogP contribution in [0.1, 0.15) is 12.0 Å². The zero-order valence-corrected chi connectivity index (χ0v) is 14.3. The summed E-state index contributed by atoms with van der Waals surface area (Å²) in [5, 5.41) is 13.9. The van der Waals surface area contributed by atoms with Crippen molar-refractivity contribution in [2.24, 2.45) is 11.0 Å². The lowest BCUT2D eigenvalue weighted by Crippen LogP contribution is -2.30. The molecule has 7 nitrogen and oxygen atoms in total. The highest BCUT2D eigenvalue weighted by molar-refractivity contribution is 6.00. The molecular formula is C19H19N3O4. The number of para-hydroxylation sites is 2. The predicted molar refractivity (Wildman–Crippen MR) is 97.3 cm³/mol. The summed E-state index contributed by atoms with van der Waals surface area (Å²) in [5.74, 6) is -0.639. The van der Waals surface area contributed by atoms with E-state index < -0.39 is 5.92 Å². The number of nitrogens with zero attached hydrogens (tertiary/aromatic N) is 2. The highest BCUT2D eigenvalue weighted by Gasteiger charge is 2.34. The maximum absolute atomic E-state index is 12.3. The van der Waals surface area contributed by atoms with Crippen LogP contribution in [-0.2, 0) is 9.59 Å². The molecule has 1 atom stereocenters. The number of ether oxygens (including phenoxy) is 1. The van der Waals surface area contributed by atoms with E-state index in [0.29, 0.717) is 17.9 Å². The molecule has 1 heterocycles. The number of benzene rings is 2. The number of rotatable bonds is 5. The van der Waals surface area contributed by atoms with Gasteiger partial charge in [0.05, 0.1) is 19.2 Å². The highest BCUT2D eigenvalue weighted by Crippen LogP contribution is 2.28. The van der Waals surface area contributed by atoms with Crippen molar-refractivity contribution in [1.82, 2.24) is 5.43 Å². The first kappa shape index (κ1) is 17.5. The predicted octanol–water partition coefficient (Wildman–Crippen LogP) is 1.90. The lowest BCUT2D eigenvalue weighted by molar-refractivity contribution is -0.126. The van der Waals surface area contributed by atoms with E-state index >= 15 is 0 Å². The first-order valence-corrected chi connectivity index (χ1v) is 8.14. The molecule has 0 unspecified atom stereocenters. The number of amides is 2. The average molecular weight is 353 g/mol. The molecule has 1 fully saturated rings. The Morgan fingerprint density at radius 2 is 2.04 bits per heavy atom. The zero-order chi connectivity index (χ0) is 18.5. The summed E-state index contributed by atoms with van der Waals surface area (Å²) in [4.78, 5) is 26.0. The molecule has 0 saturated carbocycles. The molecule has 1 aliphatic heterocycles. The van der Waals surface area contributed by atoms with Gasteiger partial charge in [-0.25, -0.2) is 5.43 Å². The van der Waals surface area contributed by atoms with Crippen LogP contribution in [0.25, 0.3) is 0 Å². The molecule has 0 aliphatic carbocycles. The number of hydrazone groups is 1. The van der Waals surface area contributed by atoms with Crippen LogP contribution in [0.2, 0.25) is 0 Å². The first-order valence-electron chi connectivity index (χ1n) is 8.14. The Balaban J connectivity index is 1.62. The van der Waals surface area contributed by atoms with E-state index in [1.165, 1.54) is 13.3 Å². The molecule has 2 aromatic carbocycles. The van der Waals surface area contributed by atoms with Gasteiger partial charge in [0.25, 0.3) is 0 Å². The molecule has 0 bridgehead atoms. The average Bonchev–Trinajstić information content (AvgIpc) is 3.05. The molecule has 0 aromatic heterocycles. The van der Waals surface area contributed by atoms with E-state index in [1.807, 2.05) is 30.3 Å². The summed E-state index contributed by atoms with van der Waals surface area (Å²) >= 11 is 0. The molecule has 2 amide bonds. The van der Waals surface area contributed by atoms with E-state index in [0.717, 1.165) is 5.69 Å². The normalized spacial score (nSPS) is 16.9. The van der Waals surface area contributed by atoms with Crippen molar-refractivity contribution in [3.05, 3.63) is 54.1 Å². The fraction of sp³-hybridized carbons (Fsp3) is 0.211. The Labute approximate surface area is 150 Å². The standard InChI is InChI=1S/C19H19N3O4/c1-26-16-9-5-6-13(18(16)24)11-20-21-19(25)14-10-17(23)22(12-14)15-7-3-2-4-8-15/h2-9,11,14,24H,10,12H2,1H3,(H,21,25)/b20-11-/t14-/m1/s1. The SMILES string of the molecule is COc1cccc(/C=N\NC(=O)[C@@H]2CC(=O)N(c3ccccc3)C2)c1O. The maximum atomic E-state index is 12.3. The number of anilines is 1. The molecule has 1 saturated heterocycles. The first-order chi connectivity index (χ1) is 12.6. The quantitative estimate of drug-likeness (QED) is 0.634. The van der Waals surface area contributed by atoms with Crippen molar-refractivity contribution < 1.29 is 19.4 Å². The van der Waals surface area contributed by atoms with E-state index in [-0.39, 0.29) is 24.0 Å². The molecule has 2 N–H and O–H groups in total. The number of aromatic hydroxyl groups is 1. The summed E-state index contributed by atoms with van der Waals surface area (Å²) in [7, 11) is 1.45. The molecule has 3 rings (SSSR count). The van der Waals surface area contributed by atoms with Crippen molar-refractivity contribution in [2.45, 2.75) is 6.42 Å². The van der Waals surface area contributed by atoms with Gasteiger partial charge in [0.15, 0.2) is 11.5 Å². The Bertz CT molecular complexity index is 836. The van der Waals surface area contributed by atoms with Crippen LogP contribution >= 0.6 is 0 Å².